The van der Waals surface area contributed by atoms with Gasteiger partial charge in [0.15, 0.2) is 5.82 Å². The minimum absolute atomic E-state index is 0.0680. The molecular formula is C17H28N4. The first-order chi connectivity index (χ1) is 9.66. The lowest BCUT2D eigenvalue weighted by atomic mass is 9.92. The molecule has 1 aromatic heterocycles. The second-order valence-electron chi connectivity index (χ2n) is 8.55. The van der Waals surface area contributed by atoms with Gasteiger partial charge in [-0.1, -0.05) is 20.8 Å². The van der Waals surface area contributed by atoms with Crippen LogP contribution in [0.3, 0.4) is 0 Å². The van der Waals surface area contributed by atoms with Crippen molar-refractivity contribution in [1.29, 1.82) is 0 Å². The maximum Gasteiger partial charge on any atom is 0.151 e. The Hall–Kier alpha value is -1.16. The highest BCUT2D eigenvalue weighted by Crippen LogP contribution is 2.37. The molecule has 116 valence electrons. The predicted molar refractivity (Wildman–Crippen MR) is 86.7 cm³/mol. The fourth-order valence-corrected chi connectivity index (χ4v) is 3.65. The van der Waals surface area contributed by atoms with Gasteiger partial charge in [-0.25, -0.2) is 0 Å². The van der Waals surface area contributed by atoms with E-state index in [0.29, 0.717) is 12.1 Å². The maximum atomic E-state index is 4.49. The molecular weight excluding hydrogens is 260 g/mol. The van der Waals surface area contributed by atoms with E-state index >= 15 is 0 Å². The van der Waals surface area contributed by atoms with Crippen LogP contribution >= 0.6 is 0 Å². The van der Waals surface area contributed by atoms with Gasteiger partial charge in [0.2, 0.25) is 0 Å². The molecule has 2 saturated heterocycles. The minimum Gasteiger partial charge on any atom is -0.349 e. The van der Waals surface area contributed by atoms with Crippen LogP contribution in [0.25, 0.3) is 0 Å². The van der Waals surface area contributed by atoms with E-state index in [-0.39, 0.29) is 11.0 Å². The number of likely N-dealkylation sites (tertiary alicyclic amines) is 1. The smallest absolute Gasteiger partial charge is 0.151 e. The van der Waals surface area contributed by atoms with E-state index < -0.39 is 0 Å². The van der Waals surface area contributed by atoms with Gasteiger partial charge in [0, 0.05) is 36.1 Å². The molecule has 0 spiro atoms. The second kappa shape index (κ2) is 4.67. The van der Waals surface area contributed by atoms with E-state index in [1.807, 2.05) is 0 Å². The highest BCUT2D eigenvalue weighted by molar-refractivity contribution is 5.43. The monoisotopic (exact) mass is 288 g/mol. The Kier molecular flexibility index (Phi) is 3.28. The van der Waals surface area contributed by atoms with Gasteiger partial charge in [-0.05, 0) is 39.3 Å². The molecule has 2 bridgehead atoms. The van der Waals surface area contributed by atoms with Crippen LogP contribution in [0.1, 0.15) is 53.7 Å². The Morgan fingerprint density at radius 1 is 0.952 bits per heavy atom. The predicted octanol–water partition coefficient (Wildman–Crippen LogP) is 2.84. The molecule has 0 aromatic carbocycles. The molecule has 2 aliphatic rings. The summed E-state index contributed by atoms with van der Waals surface area (Å²) in [6, 6.07) is 5.55. The van der Waals surface area contributed by atoms with Crippen LogP contribution in [0.2, 0.25) is 0 Å². The Labute approximate surface area is 128 Å². The Morgan fingerprint density at radius 2 is 1.67 bits per heavy atom. The zero-order chi connectivity index (χ0) is 15.4. The van der Waals surface area contributed by atoms with Gasteiger partial charge in [0.1, 0.15) is 0 Å². The average molecular weight is 288 g/mol. The van der Waals surface area contributed by atoms with E-state index in [1.54, 1.807) is 0 Å². The minimum atomic E-state index is 0.0680. The van der Waals surface area contributed by atoms with Crippen molar-refractivity contribution >= 4 is 5.82 Å². The number of aromatic nitrogens is 2. The van der Waals surface area contributed by atoms with Crippen LogP contribution < -0.4 is 4.90 Å². The summed E-state index contributed by atoms with van der Waals surface area (Å²) in [5.41, 5.74) is 1.40. The Morgan fingerprint density at radius 3 is 2.10 bits per heavy atom. The largest absolute Gasteiger partial charge is 0.349 e. The van der Waals surface area contributed by atoms with Gasteiger partial charge >= 0.3 is 0 Å². The molecule has 3 heterocycles. The summed E-state index contributed by atoms with van der Waals surface area (Å²) < 4.78 is 0. The van der Waals surface area contributed by atoms with Crippen molar-refractivity contribution in [2.45, 2.75) is 71.0 Å². The number of fused-ring (bicyclic) bond motifs is 2. The van der Waals surface area contributed by atoms with Gasteiger partial charge in [0.25, 0.3) is 0 Å². The summed E-state index contributed by atoms with van der Waals surface area (Å²) in [7, 11) is 0. The second-order valence-corrected chi connectivity index (χ2v) is 8.55. The molecule has 21 heavy (non-hydrogen) atoms. The molecule has 0 radical (unpaired) electrons. The van der Waals surface area contributed by atoms with Crippen molar-refractivity contribution in [1.82, 2.24) is 15.1 Å². The van der Waals surface area contributed by atoms with E-state index in [4.69, 9.17) is 0 Å². The van der Waals surface area contributed by atoms with Crippen molar-refractivity contribution < 1.29 is 0 Å². The molecule has 2 fully saturated rings. The van der Waals surface area contributed by atoms with Gasteiger partial charge in [-0.2, -0.15) is 5.10 Å². The fourth-order valence-electron chi connectivity index (χ4n) is 3.65. The zero-order valence-corrected chi connectivity index (χ0v) is 14.2. The summed E-state index contributed by atoms with van der Waals surface area (Å²) in [5.74, 6) is 1.05. The van der Waals surface area contributed by atoms with Gasteiger partial charge in [-0.3, -0.25) is 4.90 Å². The molecule has 0 aliphatic carbocycles. The number of hydrogen-bond donors (Lipinski definition) is 0. The van der Waals surface area contributed by atoms with Crippen LogP contribution in [0.5, 0.6) is 0 Å². The lowest BCUT2D eigenvalue weighted by molar-refractivity contribution is 0.112. The number of nitrogens with zero attached hydrogens (tertiary/aromatic N) is 4. The number of piperazine rings is 1. The van der Waals surface area contributed by atoms with Crippen molar-refractivity contribution in [2.75, 3.05) is 18.0 Å². The summed E-state index contributed by atoms with van der Waals surface area (Å²) >= 11 is 0. The Bertz CT molecular complexity index is 509. The topological polar surface area (TPSA) is 32.3 Å². The maximum absolute atomic E-state index is 4.49. The number of rotatable bonds is 1. The molecule has 2 aliphatic heterocycles. The normalized spacial score (nSPS) is 26.7. The average Bonchev–Trinajstić information content (AvgIpc) is 2.96. The van der Waals surface area contributed by atoms with Gasteiger partial charge in [-0.15, -0.1) is 5.10 Å². The summed E-state index contributed by atoms with van der Waals surface area (Å²) in [6.07, 6.45) is 1.26. The summed E-state index contributed by atoms with van der Waals surface area (Å²) in [5, 5.41) is 8.93. The molecule has 2 atom stereocenters. The SMILES string of the molecule is CC(C)(C)c1ccc(N2CC3CC2CN3C(C)(C)C)nn1. The summed E-state index contributed by atoms with van der Waals surface area (Å²) in [4.78, 5) is 5.09. The lowest BCUT2D eigenvalue weighted by Gasteiger charge is -2.42. The standard InChI is InChI=1S/C17H28N4/c1-16(2,3)14-7-8-15(19-18-14)20-10-13-9-12(20)11-21(13)17(4,5)6/h7-8,12-13H,9-11H2,1-6H3. The number of hydrogen-bond acceptors (Lipinski definition) is 4. The molecule has 3 rings (SSSR count). The lowest BCUT2D eigenvalue weighted by Crippen LogP contribution is -2.53. The van der Waals surface area contributed by atoms with E-state index in [0.717, 1.165) is 24.6 Å². The molecule has 1 aromatic rings. The quantitative estimate of drug-likeness (QED) is 0.795. The molecule has 0 amide bonds. The first kappa shape index (κ1) is 14.8. The third-order valence-electron chi connectivity index (χ3n) is 4.82. The molecule has 2 unspecified atom stereocenters. The third kappa shape index (κ3) is 2.66. The molecule has 4 nitrogen and oxygen atoms in total. The molecule has 4 heteroatoms. The van der Waals surface area contributed by atoms with Crippen molar-refractivity contribution in [3.05, 3.63) is 17.8 Å². The summed E-state index contributed by atoms with van der Waals surface area (Å²) in [6.45, 7) is 15.7. The molecule has 0 N–H and O–H groups in total. The number of anilines is 1. The van der Waals surface area contributed by atoms with Crippen molar-refractivity contribution in [3.63, 3.8) is 0 Å². The van der Waals surface area contributed by atoms with Crippen LogP contribution in [0.15, 0.2) is 12.1 Å². The van der Waals surface area contributed by atoms with Crippen LogP contribution in [-0.2, 0) is 5.41 Å². The van der Waals surface area contributed by atoms with E-state index in [2.05, 4.69) is 73.7 Å². The van der Waals surface area contributed by atoms with Crippen LogP contribution in [0, 0.1) is 0 Å². The van der Waals surface area contributed by atoms with Crippen LogP contribution in [0.4, 0.5) is 5.82 Å². The van der Waals surface area contributed by atoms with Crippen molar-refractivity contribution in [3.8, 4) is 0 Å². The van der Waals surface area contributed by atoms with Crippen molar-refractivity contribution in [2.24, 2.45) is 0 Å². The highest BCUT2D eigenvalue weighted by Gasteiger charge is 2.47. The Balaban J connectivity index is 1.74. The van der Waals surface area contributed by atoms with Gasteiger partial charge < -0.3 is 4.90 Å². The third-order valence-corrected chi connectivity index (χ3v) is 4.82. The first-order valence-electron chi connectivity index (χ1n) is 8.04. The fraction of sp³-hybridized carbons (Fsp3) is 0.765. The van der Waals surface area contributed by atoms with E-state index in [1.165, 1.54) is 6.42 Å². The first-order valence-corrected chi connectivity index (χ1v) is 8.04. The highest BCUT2D eigenvalue weighted by atomic mass is 15.4. The van der Waals surface area contributed by atoms with Gasteiger partial charge in [0.05, 0.1) is 5.69 Å². The zero-order valence-electron chi connectivity index (χ0n) is 14.2. The van der Waals surface area contributed by atoms with Crippen LogP contribution in [-0.4, -0.2) is 45.8 Å². The van der Waals surface area contributed by atoms with E-state index in [9.17, 15) is 0 Å². The molecule has 0 saturated carbocycles.